The molecule has 0 spiro atoms. The van der Waals surface area contributed by atoms with E-state index in [1.807, 2.05) is 19.1 Å². The average Bonchev–Trinajstić information content (AvgIpc) is 2.47. The summed E-state index contributed by atoms with van der Waals surface area (Å²) in [5.74, 6) is 0. The molecule has 0 unspecified atom stereocenters. The first kappa shape index (κ1) is 15.4. The van der Waals surface area contributed by atoms with Crippen LogP contribution in [0.1, 0.15) is 18.2 Å². The Balaban J connectivity index is 2.27. The Morgan fingerprint density at radius 1 is 1.33 bits per heavy atom. The molecule has 21 heavy (non-hydrogen) atoms. The van der Waals surface area contributed by atoms with Gasteiger partial charge in [-0.25, -0.2) is 8.42 Å². The van der Waals surface area contributed by atoms with Crippen LogP contribution in [0.4, 0.5) is 5.69 Å². The molecule has 0 radical (unpaired) electrons. The third kappa shape index (κ3) is 3.77. The van der Waals surface area contributed by atoms with E-state index in [4.69, 9.17) is 18.0 Å². The fraction of sp³-hybridized carbons (Fsp3) is 0.143. The van der Waals surface area contributed by atoms with Gasteiger partial charge in [0.15, 0.2) is 0 Å². The van der Waals surface area contributed by atoms with Gasteiger partial charge in [-0.2, -0.15) is 0 Å². The Labute approximate surface area is 129 Å². The molecule has 3 N–H and O–H groups in total. The van der Waals surface area contributed by atoms with Gasteiger partial charge in [0.25, 0.3) is 10.0 Å². The molecule has 0 saturated carbocycles. The Hall–Kier alpha value is -1.99. The number of thiocarbonyl (C=S) groups is 1. The lowest BCUT2D eigenvalue weighted by Crippen LogP contribution is -2.15. The first-order chi connectivity index (χ1) is 9.92. The average molecular weight is 321 g/mol. The van der Waals surface area contributed by atoms with Crippen LogP contribution in [0.25, 0.3) is 0 Å². The quantitative estimate of drug-likeness (QED) is 0.824. The minimum atomic E-state index is -3.68. The molecular formula is C14H15N3O2S2. The number of sulfonamides is 1. The summed E-state index contributed by atoms with van der Waals surface area (Å²) in [4.78, 5) is 4.12. The van der Waals surface area contributed by atoms with Crippen LogP contribution >= 0.6 is 12.2 Å². The third-order valence-electron chi connectivity index (χ3n) is 2.89. The van der Waals surface area contributed by atoms with E-state index < -0.39 is 10.0 Å². The zero-order chi connectivity index (χ0) is 15.5. The topological polar surface area (TPSA) is 85.1 Å². The number of nitrogens with two attached hydrogens (primary N) is 1. The van der Waals surface area contributed by atoms with Gasteiger partial charge in [0.2, 0.25) is 0 Å². The van der Waals surface area contributed by atoms with Crippen LogP contribution in [0.15, 0.2) is 47.5 Å². The highest BCUT2D eigenvalue weighted by Crippen LogP contribution is 2.17. The first-order valence-corrected chi connectivity index (χ1v) is 8.19. The number of hydrogen-bond acceptors (Lipinski definition) is 4. The highest BCUT2D eigenvalue weighted by molar-refractivity contribution is 7.92. The number of hydrogen-bond donors (Lipinski definition) is 2. The lowest BCUT2D eigenvalue weighted by atomic mass is 10.1. The van der Waals surface area contributed by atoms with E-state index in [2.05, 4.69) is 9.71 Å². The van der Waals surface area contributed by atoms with Gasteiger partial charge in [-0.05, 0) is 36.2 Å². The maximum atomic E-state index is 12.3. The molecular weight excluding hydrogens is 306 g/mol. The molecule has 2 aromatic rings. The molecule has 0 atom stereocenters. The fourth-order valence-corrected chi connectivity index (χ4v) is 2.87. The molecule has 0 fully saturated rings. The van der Waals surface area contributed by atoms with Gasteiger partial charge in [-0.15, -0.1) is 0 Å². The number of aryl methyl sites for hydroxylation is 1. The van der Waals surface area contributed by atoms with Crippen LogP contribution in [-0.4, -0.2) is 18.4 Å². The first-order valence-electron chi connectivity index (χ1n) is 6.30. The maximum absolute atomic E-state index is 12.3. The number of nitrogens with one attached hydrogen (secondary N) is 1. The number of anilines is 1. The predicted molar refractivity (Wildman–Crippen MR) is 86.8 cm³/mol. The second-order valence-corrected chi connectivity index (χ2v) is 6.53. The second kappa shape index (κ2) is 6.19. The monoisotopic (exact) mass is 321 g/mol. The van der Waals surface area contributed by atoms with E-state index in [0.717, 1.165) is 12.0 Å². The van der Waals surface area contributed by atoms with Crippen molar-refractivity contribution in [1.29, 1.82) is 0 Å². The second-order valence-electron chi connectivity index (χ2n) is 4.40. The van der Waals surface area contributed by atoms with Crippen molar-refractivity contribution in [2.45, 2.75) is 18.2 Å². The van der Waals surface area contributed by atoms with Gasteiger partial charge in [-0.1, -0.05) is 31.3 Å². The van der Waals surface area contributed by atoms with Crippen molar-refractivity contribution in [2.24, 2.45) is 5.73 Å². The molecule has 0 bridgehead atoms. The standard InChI is InChI=1S/C14H15N3O2S2/c1-2-10-4-3-5-11(8-10)17-21(18,19)12-6-7-13(14(15)20)16-9-12/h3-9,17H,2H2,1H3,(H2,15,20). The van der Waals surface area contributed by atoms with E-state index >= 15 is 0 Å². The zero-order valence-electron chi connectivity index (χ0n) is 11.4. The summed E-state index contributed by atoms with van der Waals surface area (Å²) in [6.45, 7) is 2.01. The predicted octanol–water partition coefficient (Wildman–Crippen LogP) is 2.08. The Kier molecular flexibility index (Phi) is 4.54. The normalized spacial score (nSPS) is 11.1. The van der Waals surface area contributed by atoms with Crippen molar-refractivity contribution < 1.29 is 8.42 Å². The molecule has 7 heteroatoms. The molecule has 1 heterocycles. The summed E-state index contributed by atoms with van der Waals surface area (Å²) in [7, 11) is -3.68. The molecule has 0 saturated heterocycles. The van der Waals surface area contributed by atoms with Crippen molar-refractivity contribution in [3.05, 3.63) is 53.9 Å². The molecule has 1 aromatic heterocycles. The SMILES string of the molecule is CCc1cccc(NS(=O)(=O)c2ccc(C(N)=S)nc2)c1. The number of aromatic nitrogens is 1. The molecule has 2 rings (SSSR count). The summed E-state index contributed by atoms with van der Waals surface area (Å²) in [6, 6.07) is 10.2. The summed E-state index contributed by atoms with van der Waals surface area (Å²) in [5.41, 5.74) is 7.39. The van der Waals surface area contributed by atoms with E-state index in [9.17, 15) is 8.42 Å². The van der Waals surface area contributed by atoms with Crippen LogP contribution in [0, 0.1) is 0 Å². The maximum Gasteiger partial charge on any atom is 0.263 e. The number of nitrogens with zero attached hydrogens (tertiary/aromatic N) is 1. The van der Waals surface area contributed by atoms with Gasteiger partial charge >= 0.3 is 0 Å². The lowest BCUT2D eigenvalue weighted by Gasteiger charge is -2.09. The van der Waals surface area contributed by atoms with Crippen LogP contribution in [-0.2, 0) is 16.4 Å². The van der Waals surface area contributed by atoms with Gasteiger partial charge in [-0.3, -0.25) is 9.71 Å². The molecule has 1 aromatic carbocycles. The largest absolute Gasteiger partial charge is 0.388 e. The van der Waals surface area contributed by atoms with Gasteiger partial charge in [0.1, 0.15) is 9.88 Å². The molecule has 5 nitrogen and oxygen atoms in total. The van der Waals surface area contributed by atoms with Crippen LogP contribution in [0.5, 0.6) is 0 Å². The van der Waals surface area contributed by atoms with Crippen LogP contribution in [0.2, 0.25) is 0 Å². The van der Waals surface area contributed by atoms with E-state index in [0.29, 0.717) is 11.4 Å². The summed E-state index contributed by atoms with van der Waals surface area (Å²) in [5, 5.41) is 0. The molecule has 0 aliphatic rings. The summed E-state index contributed by atoms with van der Waals surface area (Å²) in [6.07, 6.45) is 2.07. The highest BCUT2D eigenvalue weighted by atomic mass is 32.2. The molecule has 110 valence electrons. The lowest BCUT2D eigenvalue weighted by molar-refractivity contribution is 0.601. The number of rotatable bonds is 5. The van der Waals surface area contributed by atoms with E-state index in [-0.39, 0.29) is 9.88 Å². The Bertz CT molecular complexity index is 756. The van der Waals surface area contributed by atoms with E-state index in [1.54, 1.807) is 12.1 Å². The van der Waals surface area contributed by atoms with Crippen molar-refractivity contribution >= 4 is 32.9 Å². The van der Waals surface area contributed by atoms with Crippen molar-refractivity contribution in [1.82, 2.24) is 4.98 Å². The number of benzene rings is 1. The fourth-order valence-electron chi connectivity index (χ4n) is 1.75. The van der Waals surface area contributed by atoms with Crippen molar-refractivity contribution in [2.75, 3.05) is 4.72 Å². The van der Waals surface area contributed by atoms with Crippen molar-refractivity contribution in [3.63, 3.8) is 0 Å². The third-order valence-corrected chi connectivity index (χ3v) is 4.46. The highest BCUT2D eigenvalue weighted by Gasteiger charge is 2.15. The van der Waals surface area contributed by atoms with Gasteiger partial charge in [0.05, 0.1) is 5.69 Å². The summed E-state index contributed by atoms with van der Waals surface area (Å²) < 4.78 is 27.1. The Morgan fingerprint density at radius 3 is 2.67 bits per heavy atom. The smallest absolute Gasteiger partial charge is 0.263 e. The molecule has 0 amide bonds. The van der Waals surface area contributed by atoms with Gasteiger partial charge < -0.3 is 5.73 Å². The molecule has 0 aliphatic heterocycles. The van der Waals surface area contributed by atoms with Crippen molar-refractivity contribution in [3.8, 4) is 0 Å². The minimum absolute atomic E-state index is 0.0596. The number of pyridine rings is 1. The van der Waals surface area contributed by atoms with Gasteiger partial charge in [0, 0.05) is 11.9 Å². The van der Waals surface area contributed by atoms with Crippen LogP contribution in [0.3, 0.4) is 0 Å². The van der Waals surface area contributed by atoms with E-state index in [1.165, 1.54) is 18.3 Å². The zero-order valence-corrected chi connectivity index (χ0v) is 13.0. The minimum Gasteiger partial charge on any atom is -0.388 e. The Morgan fingerprint density at radius 2 is 2.10 bits per heavy atom. The summed E-state index contributed by atoms with van der Waals surface area (Å²) >= 11 is 4.78. The molecule has 0 aliphatic carbocycles. The van der Waals surface area contributed by atoms with Crippen LogP contribution < -0.4 is 10.5 Å².